The highest BCUT2D eigenvalue weighted by Gasteiger charge is 2.60. The van der Waals surface area contributed by atoms with Crippen molar-refractivity contribution in [2.45, 2.75) is 49.1 Å². The summed E-state index contributed by atoms with van der Waals surface area (Å²) in [4.78, 5) is 89.4. The van der Waals surface area contributed by atoms with Crippen molar-refractivity contribution < 1.29 is 62.1 Å². The van der Waals surface area contributed by atoms with Crippen LogP contribution < -0.4 is 17.0 Å². The summed E-state index contributed by atoms with van der Waals surface area (Å²) in [7, 11) is -9.75. The van der Waals surface area contributed by atoms with E-state index in [9.17, 15) is 39.4 Å². The average molecular weight is 704 g/mol. The molecule has 0 aromatic carbocycles. The second-order valence-electron chi connectivity index (χ2n) is 10.5. The minimum atomic E-state index is -4.89. The van der Waals surface area contributed by atoms with Gasteiger partial charge in [0, 0.05) is 0 Å². The number of anilines is 1. The van der Waals surface area contributed by atoms with Crippen molar-refractivity contribution in [1.82, 2.24) is 39.0 Å². The number of aliphatic hydroxyl groups is 2. The van der Waals surface area contributed by atoms with Gasteiger partial charge in [0.2, 0.25) is 5.95 Å². The number of hydrogen-bond donors (Lipinski definition) is 9. The van der Waals surface area contributed by atoms with Crippen LogP contribution in [0.5, 0.6) is 0 Å². The molecule has 0 saturated carbocycles. The molecule has 0 spiro atoms. The van der Waals surface area contributed by atoms with Crippen LogP contribution in [0.25, 0.3) is 22.3 Å². The standard InChI is InChI=1S/C21H24N10O14P2/c22-15(34)8-9-16(25-3-24-8)30(4-26-9)19-12(33)13-7(43-19)2-41-47(38,39)45-14-11(32)6(1-40-46(36,37)44-13)42-20(14)31-5-27-10-17(31)28-21(23)29-18(10)35/h3-7,11-14,19-20,32-33,36-39H,1-2H2,(H3-2,22,23,28,29,34,35)/p+2/t6-,7-,11-,12-,13-,14-,19-,20-/m1/s1. The Hall–Kier alpha value is -3.45. The Morgan fingerprint density at radius 2 is 1.47 bits per heavy atom. The number of nitrogens with one attached hydrogen (secondary N) is 1. The molecule has 3 fully saturated rings. The van der Waals surface area contributed by atoms with Crippen LogP contribution in [0.4, 0.5) is 5.95 Å². The number of fused-ring (bicyclic) bond motifs is 5. The molecule has 4 aromatic rings. The Labute approximate surface area is 260 Å². The van der Waals surface area contributed by atoms with Crippen LogP contribution in [-0.2, 0) is 27.6 Å². The molecule has 11 N–H and O–H groups in total. The third-order valence-corrected chi connectivity index (χ3v) is 9.55. The van der Waals surface area contributed by atoms with E-state index in [4.69, 9.17) is 39.0 Å². The molecule has 24 nitrogen and oxygen atoms in total. The highest BCUT2D eigenvalue weighted by Crippen LogP contribution is 2.60. The minimum Gasteiger partial charge on any atom is -0.387 e. The number of nitrogen functional groups attached to an aromatic ring is 1. The molecule has 3 aliphatic heterocycles. The number of aliphatic hydroxyl groups excluding tert-OH is 2. The number of nitrogens with zero attached hydrogens (tertiary/aromatic N) is 7. The topological polar surface area (TPSA) is 353 Å². The van der Waals surface area contributed by atoms with Crippen molar-refractivity contribution >= 4 is 50.5 Å². The molecule has 1 amide bonds. The Bertz CT molecular complexity index is 1900. The van der Waals surface area contributed by atoms with Gasteiger partial charge in [-0.3, -0.25) is 23.7 Å². The van der Waals surface area contributed by atoms with Crippen LogP contribution in [0.1, 0.15) is 22.9 Å². The number of H-pyrrole nitrogens is 1. The van der Waals surface area contributed by atoms with Gasteiger partial charge in [0.15, 0.2) is 47.2 Å². The highest BCUT2D eigenvalue weighted by molar-refractivity contribution is 7.54. The molecule has 0 aliphatic carbocycles. The number of ether oxygens (including phenoxy) is 2. The Morgan fingerprint density at radius 3 is 2.17 bits per heavy atom. The molecule has 0 unspecified atom stereocenters. The van der Waals surface area contributed by atoms with E-state index in [1.807, 2.05) is 0 Å². The molecular weight excluding hydrogens is 678 g/mol. The van der Waals surface area contributed by atoms with E-state index in [0.717, 1.165) is 23.5 Å². The van der Waals surface area contributed by atoms with Gasteiger partial charge in [-0.2, -0.15) is 33.6 Å². The first-order chi connectivity index (χ1) is 22.2. The van der Waals surface area contributed by atoms with Crippen molar-refractivity contribution in [2.24, 2.45) is 5.73 Å². The number of hydrogen-bond acceptors (Lipinski definition) is 20. The summed E-state index contributed by atoms with van der Waals surface area (Å²) in [5, 5.41) is 22.3. The summed E-state index contributed by atoms with van der Waals surface area (Å²) in [6.07, 6.45) is -9.25. The highest BCUT2D eigenvalue weighted by atomic mass is 31.2. The number of primary amides is 1. The van der Waals surface area contributed by atoms with Gasteiger partial charge in [-0.25, -0.2) is 19.9 Å². The van der Waals surface area contributed by atoms with Gasteiger partial charge in [0.05, 0.1) is 12.7 Å². The van der Waals surface area contributed by atoms with Crippen molar-refractivity contribution in [2.75, 3.05) is 18.9 Å². The maximum Gasteiger partial charge on any atom is 0.570 e. The summed E-state index contributed by atoms with van der Waals surface area (Å²) >= 11 is 0. The Morgan fingerprint density at radius 1 is 0.851 bits per heavy atom. The zero-order chi connectivity index (χ0) is 33.4. The predicted octanol–water partition coefficient (Wildman–Crippen LogP) is -3.70. The lowest BCUT2D eigenvalue weighted by molar-refractivity contribution is -0.0744. The fraction of sp³-hybridized carbons (Fsp3) is 0.476. The van der Waals surface area contributed by atoms with Gasteiger partial charge in [0.1, 0.15) is 49.5 Å². The number of imidazole rings is 2. The van der Waals surface area contributed by atoms with Gasteiger partial charge >= 0.3 is 16.3 Å². The van der Waals surface area contributed by atoms with Crippen molar-refractivity contribution in [1.29, 1.82) is 0 Å². The van der Waals surface area contributed by atoms with Gasteiger partial charge in [0.25, 0.3) is 11.5 Å². The monoisotopic (exact) mass is 704 g/mol. The molecule has 4 aromatic heterocycles. The molecular formula is C21H26N10O14P2+2. The second-order valence-corrected chi connectivity index (χ2v) is 13.4. The number of amides is 1. The van der Waals surface area contributed by atoms with Crippen LogP contribution in [-0.4, -0.2) is 125 Å². The van der Waals surface area contributed by atoms with Crippen molar-refractivity contribution in [3.8, 4) is 0 Å². The smallest absolute Gasteiger partial charge is 0.387 e. The van der Waals surface area contributed by atoms with Crippen LogP contribution in [0.15, 0.2) is 23.8 Å². The molecule has 252 valence electrons. The second kappa shape index (κ2) is 11.6. The normalized spacial score (nSPS) is 32.5. The number of nitrogens with two attached hydrogens (primary N) is 2. The number of aromatic amines is 1. The van der Waals surface area contributed by atoms with E-state index in [0.29, 0.717) is 0 Å². The Kier molecular flexibility index (Phi) is 7.93. The summed E-state index contributed by atoms with van der Waals surface area (Å²) < 4.78 is 35.3. The molecule has 2 bridgehead atoms. The summed E-state index contributed by atoms with van der Waals surface area (Å²) in [5.41, 5.74) is 9.82. The van der Waals surface area contributed by atoms with Crippen molar-refractivity contribution in [3.05, 3.63) is 35.0 Å². The predicted molar refractivity (Wildman–Crippen MR) is 151 cm³/mol. The minimum absolute atomic E-state index is 0.00592. The molecule has 0 radical (unpaired) electrons. The molecule has 8 atom stereocenters. The average Bonchev–Trinajstić information content (AvgIpc) is 3.76. The third kappa shape index (κ3) is 5.72. The zero-order valence-corrected chi connectivity index (χ0v) is 25.2. The maximum absolute atomic E-state index is 12.3. The largest absolute Gasteiger partial charge is 0.570 e. The molecule has 3 saturated heterocycles. The van der Waals surface area contributed by atoms with Crippen molar-refractivity contribution in [3.63, 3.8) is 0 Å². The molecule has 26 heteroatoms. The van der Waals surface area contributed by atoms with E-state index in [-0.39, 0.29) is 34.0 Å². The van der Waals surface area contributed by atoms with Gasteiger partial charge in [-0.1, -0.05) is 0 Å². The summed E-state index contributed by atoms with van der Waals surface area (Å²) in [6.45, 7) is -1.56. The maximum atomic E-state index is 12.3. The van der Waals surface area contributed by atoms with E-state index >= 15 is 0 Å². The first kappa shape index (κ1) is 32.1. The SMILES string of the molecule is NC(=O)c1ncnc2c1ncn2[C@@H]1O[C@@H]2CO[P+](O)(O)O[C@@H]3[C@H](O)[C@@H](CO[P+](O)(O)O[C@H]2[C@H]1O)O[C@H]3n1cnc2c(=O)[nH]c(N)nc21. The van der Waals surface area contributed by atoms with E-state index in [2.05, 4.69) is 29.9 Å². The number of carbonyl (C=O) groups is 1. The van der Waals surface area contributed by atoms with Crippen LogP contribution >= 0.6 is 16.3 Å². The van der Waals surface area contributed by atoms with Gasteiger partial charge in [-0.15, -0.1) is 9.05 Å². The number of aromatic nitrogens is 8. The first-order valence-electron chi connectivity index (χ1n) is 13.4. The third-order valence-electron chi connectivity index (χ3n) is 7.55. The number of rotatable bonds is 3. The fourth-order valence-electron chi connectivity index (χ4n) is 5.47. The summed E-state index contributed by atoms with van der Waals surface area (Å²) in [6, 6.07) is 0. The van der Waals surface area contributed by atoms with Crippen LogP contribution in [0, 0.1) is 0 Å². The lowest BCUT2D eigenvalue weighted by atomic mass is 10.1. The zero-order valence-electron chi connectivity index (χ0n) is 23.4. The van der Waals surface area contributed by atoms with Gasteiger partial charge in [-0.05, 0) is 0 Å². The van der Waals surface area contributed by atoms with Crippen LogP contribution in [0.3, 0.4) is 0 Å². The quantitative estimate of drug-likeness (QED) is 0.0926. The van der Waals surface area contributed by atoms with E-state index in [1.54, 1.807) is 0 Å². The number of carbonyl (C=O) groups excluding carboxylic acids is 1. The fourth-order valence-corrected chi connectivity index (χ4v) is 7.40. The molecule has 7 rings (SSSR count). The molecule has 47 heavy (non-hydrogen) atoms. The first-order valence-corrected chi connectivity index (χ1v) is 16.5. The molecule has 3 aliphatic rings. The van der Waals surface area contributed by atoms with E-state index in [1.165, 1.54) is 4.57 Å². The Balaban J connectivity index is 1.20. The lowest BCUT2D eigenvalue weighted by Crippen LogP contribution is -2.37. The lowest BCUT2D eigenvalue weighted by Gasteiger charge is -2.23. The summed E-state index contributed by atoms with van der Waals surface area (Å²) in [5.74, 6) is -1.18. The molecule has 7 heterocycles. The van der Waals surface area contributed by atoms with Gasteiger partial charge < -0.3 is 31.2 Å². The van der Waals surface area contributed by atoms with E-state index < -0.39 is 90.1 Å². The van der Waals surface area contributed by atoms with Crippen LogP contribution in [0.2, 0.25) is 0 Å².